The SMILES string of the molecule is Cc1cc2c(s1)c(Cl)cc[n+]2[O-]. The molecule has 0 bridgehead atoms. The van der Waals surface area contributed by atoms with Crippen LogP contribution in [0.5, 0.6) is 0 Å². The van der Waals surface area contributed by atoms with Crippen LogP contribution in [0, 0.1) is 12.1 Å². The lowest BCUT2D eigenvalue weighted by Gasteiger charge is -1.96. The number of hydrogen-bond donors (Lipinski definition) is 0. The smallest absolute Gasteiger partial charge is 0.236 e. The Kier molecular flexibility index (Phi) is 1.70. The van der Waals surface area contributed by atoms with Gasteiger partial charge in [0.1, 0.15) is 4.70 Å². The van der Waals surface area contributed by atoms with Gasteiger partial charge in [0.25, 0.3) is 0 Å². The van der Waals surface area contributed by atoms with Crippen LogP contribution in [0.1, 0.15) is 4.88 Å². The van der Waals surface area contributed by atoms with Gasteiger partial charge >= 0.3 is 0 Å². The fraction of sp³-hybridized carbons (Fsp3) is 0.125. The van der Waals surface area contributed by atoms with Gasteiger partial charge in [0, 0.05) is 17.0 Å². The van der Waals surface area contributed by atoms with Crippen LogP contribution in [0.4, 0.5) is 0 Å². The van der Waals surface area contributed by atoms with Gasteiger partial charge in [-0.1, -0.05) is 11.6 Å². The zero-order valence-corrected chi connectivity index (χ0v) is 7.95. The predicted molar refractivity (Wildman–Crippen MR) is 50.5 cm³/mol. The molecule has 2 aromatic heterocycles. The lowest BCUT2D eigenvalue weighted by Crippen LogP contribution is -2.25. The Balaban J connectivity index is 2.93. The van der Waals surface area contributed by atoms with Gasteiger partial charge in [-0.05, 0) is 6.92 Å². The van der Waals surface area contributed by atoms with Crippen molar-refractivity contribution in [3.05, 3.63) is 33.4 Å². The third kappa shape index (κ3) is 1.06. The first kappa shape index (κ1) is 7.83. The molecular weight excluding hydrogens is 194 g/mol. The first-order valence-electron chi connectivity index (χ1n) is 3.46. The summed E-state index contributed by atoms with van der Waals surface area (Å²) in [4.78, 5) is 1.10. The van der Waals surface area contributed by atoms with Gasteiger partial charge in [-0.25, -0.2) is 0 Å². The summed E-state index contributed by atoms with van der Waals surface area (Å²) in [5.74, 6) is 0. The van der Waals surface area contributed by atoms with Crippen molar-refractivity contribution in [1.29, 1.82) is 0 Å². The van der Waals surface area contributed by atoms with Gasteiger partial charge in [-0.2, -0.15) is 4.73 Å². The Morgan fingerprint density at radius 1 is 1.58 bits per heavy atom. The van der Waals surface area contributed by atoms with Gasteiger partial charge in [0.05, 0.1) is 5.02 Å². The molecule has 0 atom stereocenters. The van der Waals surface area contributed by atoms with E-state index in [2.05, 4.69) is 0 Å². The van der Waals surface area contributed by atoms with E-state index < -0.39 is 0 Å². The zero-order chi connectivity index (χ0) is 8.72. The van der Waals surface area contributed by atoms with E-state index >= 15 is 0 Å². The number of rotatable bonds is 0. The molecule has 0 amide bonds. The van der Waals surface area contributed by atoms with E-state index in [9.17, 15) is 5.21 Å². The van der Waals surface area contributed by atoms with E-state index in [0.29, 0.717) is 10.5 Å². The quantitative estimate of drug-likeness (QED) is 0.473. The third-order valence-corrected chi connectivity index (χ3v) is 3.15. The topological polar surface area (TPSA) is 26.9 Å². The Hall–Kier alpha value is -0.800. The summed E-state index contributed by atoms with van der Waals surface area (Å²) in [6.45, 7) is 1.96. The van der Waals surface area contributed by atoms with Crippen LogP contribution in [-0.4, -0.2) is 0 Å². The van der Waals surface area contributed by atoms with Crippen LogP contribution in [0.15, 0.2) is 18.3 Å². The summed E-state index contributed by atoms with van der Waals surface area (Å²) >= 11 is 7.44. The molecule has 0 spiro atoms. The molecule has 0 aliphatic carbocycles. The predicted octanol–water partition coefficient (Wildman–Crippen LogP) is 2.50. The van der Waals surface area contributed by atoms with Crippen LogP contribution < -0.4 is 4.73 Å². The number of hydrogen-bond acceptors (Lipinski definition) is 2. The molecule has 2 rings (SSSR count). The summed E-state index contributed by atoms with van der Waals surface area (Å²) in [7, 11) is 0. The Bertz CT molecular complexity index is 399. The van der Waals surface area contributed by atoms with Crippen molar-refractivity contribution in [2.75, 3.05) is 0 Å². The highest BCUT2D eigenvalue weighted by Gasteiger charge is 2.10. The van der Waals surface area contributed by atoms with Crippen LogP contribution in [0.3, 0.4) is 0 Å². The average molecular weight is 200 g/mol. The van der Waals surface area contributed by atoms with Crippen molar-refractivity contribution in [2.24, 2.45) is 0 Å². The highest BCUT2D eigenvalue weighted by atomic mass is 35.5. The van der Waals surface area contributed by atoms with Gasteiger partial charge in [-0.15, -0.1) is 11.3 Å². The molecule has 12 heavy (non-hydrogen) atoms. The lowest BCUT2D eigenvalue weighted by atomic mass is 10.4. The molecule has 0 aliphatic rings. The van der Waals surface area contributed by atoms with E-state index in [0.717, 1.165) is 14.3 Å². The maximum Gasteiger partial charge on any atom is 0.236 e. The van der Waals surface area contributed by atoms with Crippen molar-refractivity contribution in [2.45, 2.75) is 6.92 Å². The number of thiophene rings is 1. The van der Waals surface area contributed by atoms with Crippen molar-refractivity contribution in [3.8, 4) is 0 Å². The number of fused-ring (bicyclic) bond motifs is 1. The normalized spacial score (nSPS) is 10.8. The molecule has 2 aromatic rings. The van der Waals surface area contributed by atoms with E-state index in [4.69, 9.17) is 11.6 Å². The molecule has 0 saturated heterocycles. The zero-order valence-electron chi connectivity index (χ0n) is 6.37. The highest BCUT2D eigenvalue weighted by molar-refractivity contribution is 7.19. The Labute approximate surface area is 78.6 Å². The molecule has 0 N–H and O–H groups in total. The standard InChI is InChI=1S/C8H6ClNOS/c1-5-4-7-8(12-5)6(9)2-3-10(7)11/h2-4H,1H3. The summed E-state index contributed by atoms with van der Waals surface area (Å²) < 4.78 is 1.71. The fourth-order valence-corrected chi connectivity index (χ4v) is 2.31. The summed E-state index contributed by atoms with van der Waals surface area (Å²) in [5, 5.41) is 11.9. The minimum Gasteiger partial charge on any atom is -0.618 e. The minimum absolute atomic E-state index is 0.648. The molecule has 0 aliphatic heterocycles. The maximum atomic E-state index is 11.2. The number of nitrogens with zero attached hydrogens (tertiary/aromatic N) is 1. The number of pyridine rings is 1. The first-order valence-corrected chi connectivity index (χ1v) is 4.66. The van der Waals surface area contributed by atoms with Gasteiger partial charge in [0.15, 0.2) is 6.20 Å². The number of aromatic nitrogens is 1. The van der Waals surface area contributed by atoms with Crippen LogP contribution >= 0.6 is 22.9 Å². The Morgan fingerprint density at radius 2 is 2.33 bits per heavy atom. The molecule has 2 heterocycles. The van der Waals surface area contributed by atoms with Crippen LogP contribution in [0.2, 0.25) is 5.02 Å². The second-order valence-electron chi connectivity index (χ2n) is 2.56. The molecular formula is C8H6ClNOS. The molecule has 4 heteroatoms. The third-order valence-electron chi connectivity index (χ3n) is 1.65. The van der Waals surface area contributed by atoms with Crippen molar-refractivity contribution in [1.82, 2.24) is 0 Å². The summed E-state index contributed by atoms with van der Waals surface area (Å²) in [6, 6.07) is 3.46. The van der Waals surface area contributed by atoms with Crippen molar-refractivity contribution < 1.29 is 4.73 Å². The number of aryl methyl sites for hydroxylation is 1. The van der Waals surface area contributed by atoms with E-state index in [1.807, 2.05) is 13.0 Å². The first-order chi connectivity index (χ1) is 5.68. The van der Waals surface area contributed by atoms with E-state index in [1.54, 1.807) is 17.4 Å². The van der Waals surface area contributed by atoms with Gasteiger partial charge in [-0.3, -0.25) is 0 Å². The maximum absolute atomic E-state index is 11.2. The second-order valence-corrected chi connectivity index (χ2v) is 4.22. The second kappa shape index (κ2) is 2.61. The molecule has 62 valence electrons. The minimum atomic E-state index is 0.648. The van der Waals surface area contributed by atoms with E-state index in [-0.39, 0.29) is 0 Å². The number of halogens is 1. The fourth-order valence-electron chi connectivity index (χ4n) is 1.12. The molecule has 0 aromatic carbocycles. The molecule has 0 saturated carbocycles. The summed E-state index contributed by atoms with van der Waals surface area (Å²) in [6.07, 6.45) is 1.43. The molecule has 0 unspecified atom stereocenters. The highest BCUT2D eigenvalue weighted by Crippen LogP contribution is 2.28. The van der Waals surface area contributed by atoms with Gasteiger partial charge in [0.2, 0.25) is 5.52 Å². The van der Waals surface area contributed by atoms with Crippen LogP contribution in [-0.2, 0) is 0 Å². The average Bonchev–Trinajstić information content (AvgIpc) is 2.41. The Morgan fingerprint density at radius 3 is 3.00 bits per heavy atom. The lowest BCUT2D eigenvalue weighted by molar-refractivity contribution is -0.576. The van der Waals surface area contributed by atoms with E-state index in [1.165, 1.54) is 6.20 Å². The van der Waals surface area contributed by atoms with Crippen molar-refractivity contribution in [3.63, 3.8) is 0 Å². The van der Waals surface area contributed by atoms with Crippen molar-refractivity contribution >= 4 is 33.2 Å². The molecule has 0 fully saturated rings. The molecule has 0 radical (unpaired) electrons. The monoisotopic (exact) mass is 199 g/mol. The summed E-state index contributed by atoms with van der Waals surface area (Å²) in [5.41, 5.74) is 0.657. The van der Waals surface area contributed by atoms with Crippen LogP contribution in [0.25, 0.3) is 10.2 Å². The van der Waals surface area contributed by atoms with Gasteiger partial charge < -0.3 is 5.21 Å². The molecule has 2 nitrogen and oxygen atoms in total. The largest absolute Gasteiger partial charge is 0.618 e.